The number of halogens is 1. The molecule has 0 saturated carbocycles. The van der Waals surface area contributed by atoms with Crippen LogP contribution in [0.3, 0.4) is 0 Å². The van der Waals surface area contributed by atoms with E-state index in [1.165, 1.54) is 21.9 Å². The Morgan fingerprint density at radius 2 is 2.04 bits per heavy atom. The third-order valence-electron chi connectivity index (χ3n) is 3.90. The van der Waals surface area contributed by atoms with Crippen molar-refractivity contribution in [3.8, 4) is 0 Å². The molecule has 3 heterocycles. The lowest BCUT2D eigenvalue weighted by Crippen LogP contribution is -2.26. The number of rotatable bonds is 4. The molecule has 0 unspecified atom stereocenters. The average molecular weight is 397 g/mol. The third kappa shape index (κ3) is 3.74. The first-order valence-electron chi connectivity index (χ1n) is 8.07. The van der Waals surface area contributed by atoms with Gasteiger partial charge in [0.1, 0.15) is 11.2 Å². The number of nitrogens with zero attached hydrogens (tertiary/aromatic N) is 3. The molecule has 0 aliphatic heterocycles. The van der Waals surface area contributed by atoms with E-state index in [1.54, 1.807) is 30.6 Å². The van der Waals surface area contributed by atoms with Crippen LogP contribution in [0.2, 0.25) is 5.02 Å². The summed E-state index contributed by atoms with van der Waals surface area (Å²) < 4.78 is 1.33. The van der Waals surface area contributed by atoms with Gasteiger partial charge in [-0.15, -0.1) is 11.3 Å². The smallest absolute Gasteiger partial charge is 0.270 e. The highest BCUT2D eigenvalue weighted by atomic mass is 35.5. The van der Waals surface area contributed by atoms with Crippen LogP contribution in [-0.2, 0) is 6.42 Å². The van der Waals surface area contributed by atoms with Gasteiger partial charge < -0.3 is 0 Å². The minimum atomic E-state index is -0.533. The van der Waals surface area contributed by atoms with Crippen molar-refractivity contribution < 1.29 is 4.79 Å². The second kappa shape index (κ2) is 7.30. The Balaban J connectivity index is 1.53. The summed E-state index contributed by atoms with van der Waals surface area (Å²) in [7, 11) is 0. The number of aromatic nitrogens is 3. The van der Waals surface area contributed by atoms with Crippen LogP contribution in [-0.4, -0.2) is 20.3 Å². The first-order valence-corrected chi connectivity index (χ1v) is 9.26. The molecule has 0 bridgehead atoms. The van der Waals surface area contributed by atoms with E-state index in [-0.39, 0.29) is 5.56 Å². The first kappa shape index (κ1) is 17.4. The maximum Gasteiger partial charge on any atom is 0.270 e. The van der Waals surface area contributed by atoms with E-state index in [9.17, 15) is 9.59 Å². The fourth-order valence-corrected chi connectivity index (χ4v) is 3.70. The van der Waals surface area contributed by atoms with Crippen molar-refractivity contribution in [2.75, 3.05) is 5.32 Å². The quantitative estimate of drug-likeness (QED) is 0.571. The van der Waals surface area contributed by atoms with E-state index in [2.05, 4.69) is 15.3 Å². The number of thiazole rings is 1. The summed E-state index contributed by atoms with van der Waals surface area (Å²) in [6.45, 7) is 0. The summed E-state index contributed by atoms with van der Waals surface area (Å²) in [5.41, 5.74) is 1.08. The van der Waals surface area contributed by atoms with Crippen molar-refractivity contribution >= 4 is 39.6 Å². The molecule has 1 N–H and O–H groups in total. The Labute approximate surface area is 163 Å². The lowest BCUT2D eigenvalue weighted by Gasteiger charge is -2.03. The van der Waals surface area contributed by atoms with Crippen molar-refractivity contribution in [2.24, 2.45) is 0 Å². The Morgan fingerprint density at radius 3 is 2.89 bits per heavy atom. The zero-order valence-corrected chi connectivity index (χ0v) is 15.5. The Bertz CT molecular complexity index is 1200. The number of nitrogens with one attached hydrogen (secondary N) is 1. The molecule has 3 aromatic heterocycles. The van der Waals surface area contributed by atoms with E-state index in [1.807, 2.05) is 24.3 Å². The molecule has 0 atom stereocenters. The molecule has 4 aromatic rings. The van der Waals surface area contributed by atoms with Gasteiger partial charge in [-0.25, -0.2) is 9.97 Å². The molecule has 0 aliphatic rings. The van der Waals surface area contributed by atoms with E-state index in [0.29, 0.717) is 22.2 Å². The lowest BCUT2D eigenvalue weighted by molar-refractivity contribution is 0.102. The molecule has 0 spiro atoms. The van der Waals surface area contributed by atoms with Crippen LogP contribution in [0.4, 0.5) is 5.13 Å². The minimum absolute atomic E-state index is 0.0368. The minimum Gasteiger partial charge on any atom is -0.298 e. The maximum atomic E-state index is 12.5. The van der Waals surface area contributed by atoms with Gasteiger partial charge in [-0.1, -0.05) is 29.8 Å². The first-order chi connectivity index (χ1) is 13.1. The molecule has 1 aromatic carbocycles. The van der Waals surface area contributed by atoms with Crippen molar-refractivity contribution in [3.05, 3.63) is 92.4 Å². The zero-order chi connectivity index (χ0) is 18.8. The monoisotopic (exact) mass is 396 g/mol. The number of amides is 1. The fourth-order valence-electron chi connectivity index (χ4n) is 2.64. The van der Waals surface area contributed by atoms with Gasteiger partial charge in [0, 0.05) is 34.9 Å². The number of pyridine rings is 1. The van der Waals surface area contributed by atoms with Crippen molar-refractivity contribution in [1.29, 1.82) is 0 Å². The van der Waals surface area contributed by atoms with Gasteiger partial charge in [0.15, 0.2) is 5.13 Å². The van der Waals surface area contributed by atoms with Crippen molar-refractivity contribution in [2.45, 2.75) is 6.42 Å². The molecule has 1 amide bonds. The van der Waals surface area contributed by atoms with E-state index in [0.717, 1.165) is 10.4 Å². The number of anilines is 1. The molecular weight excluding hydrogens is 384 g/mol. The van der Waals surface area contributed by atoms with Crippen LogP contribution >= 0.6 is 22.9 Å². The molecule has 6 nitrogen and oxygen atoms in total. The summed E-state index contributed by atoms with van der Waals surface area (Å²) in [4.78, 5) is 34.3. The van der Waals surface area contributed by atoms with Gasteiger partial charge in [0.25, 0.3) is 11.5 Å². The van der Waals surface area contributed by atoms with Crippen molar-refractivity contribution in [3.63, 3.8) is 0 Å². The molecule has 27 heavy (non-hydrogen) atoms. The predicted molar refractivity (Wildman–Crippen MR) is 106 cm³/mol. The lowest BCUT2D eigenvalue weighted by atomic mass is 10.1. The van der Waals surface area contributed by atoms with Gasteiger partial charge in [0.2, 0.25) is 0 Å². The highest BCUT2D eigenvalue weighted by Gasteiger charge is 2.15. The van der Waals surface area contributed by atoms with E-state index in [4.69, 9.17) is 11.6 Å². The van der Waals surface area contributed by atoms with Gasteiger partial charge in [-0.2, -0.15) is 0 Å². The highest BCUT2D eigenvalue weighted by Crippen LogP contribution is 2.22. The molecule has 0 radical (unpaired) electrons. The van der Waals surface area contributed by atoms with Crippen LogP contribution < -0.4 is 10.9 Å². The zero-order valence-electron chi connectivity index (χ0n) is 13.9. The van der Waals surface area contributed by atoms with Crippen LogP contribution in [0.1, 0.15) is 20.8 Å². The Hall–Kier alpha value is -3.03. The Morgan fingerprint density at radius 1 is 1.15 bits per heavy atom. The molecule has 4 rings (SSSR count). The van der Waals surface area contributed by atoms with Gasteiger partial charge in [-0.3, -0.25) is 19.3 Å². The highest BCUT2D eigenvalue weighted by molar-refractivity contribution is 7.15. The molecule has 0 saturated heterocycles. The Kier molecular flexibility index (Phi) is 4.70. The van der Waals surface area contributed by atoms with E-state index >= 15 is 0 Å². The SMILES string of the molecule is O=C(Nc1ncc(Cc2cccc(Cl)c2)s1)c1cnc2ccccn2c1=O. The number of hydrogen-bond donors (Lipinski definition) is 1. The molecule has 8 heteroatoms. The van der Waals surface area contributed by atoms with Crippen LogP contribution in [0, 0.1) is 0 Å². The largest absolute Gasteiger partial charge is 0.298 e. The number of carbonyl (C=O) groups excluding carboxylic acids is 1. The second-order valence-corrected chi connectivity index (χ2v) is 7.35. The number of fused-ring (bicyclic) bond motifs is 1. The summed E-state index contributed by atoms with van der Waals surface area (Å²) in [6.07, 6.45) is 5.22. The second-order valence-electron chi connectivity index (χ2n) is 5.80. The van der Waals surface area contributed by atoms with Crippen molar-refractivity contribution in [1.82, 2.24) is 14.4 Å². The number of hydrogen-bond acceptors (Lipinski definition) is 5. The summed E-state index contributed by atoms with van der Waals surface area (Å²) in [5, 5.41) is 3.77. The normalized spacial score (nSPS) is 10.9. The standard InChI is InChI=1S/C19H13ClN4O2S/c20-13-5-3-4-12(8-13)9-14-10-22-19(27-14)23-17(25)15-11-21-16-6-1-2-7-24(16)18(15)26/h1-8,10-11H,9H2,(H,22,23,25). The average Bonchev–Trinajstić information content (AvgIpc) is 3.09. The molecular formula is C19H13ClN4O2S. The van der Waals surface area contributed by atoms with Gasteiger partial charge >= 0.3 is 0 Å². The molecule has 0 fully saturated rings. The number of carbonyl (C=O) groups is 1. The molecule has 0 aliphatic carbocycles. The van der Waals surface area contributed by atoms with Crippen LogP contribution in [0.15, 0.2) is 65.8 Å². The van der Waals surface area contributed by atoms with Crippen LogP contribution in [0.5, 0.6) is 0 Å². The summed E-state index contributed by atoms with van der Waals surface area (Å²) >= 11 is 7.35. The number of benzene rings is 1. The summed E-state index contributed by atoms with van der Waals surface area (Å²) in [5.74, 6) is -0.533. The van der Waals surface area contributed by atoms with Crippen LogP contribution in [0.25, 0.3) is 5.65 Å². The maximum absolute atomic E-state index is 12.5. The topological polar surface area (TPSA) is 76.4 Å². The third-order valence-corrected chi connectivity index (χ3v) is 5.05. The van der Waals surface area contributed by atoms with Gasteiger partial charge in [0.05, 0.1) is 0 Å². The fraction of sp³-hybridized carbons (Fsp3) is 0.0526. The molecule has 134 valence electrons. The van der Waals surface area contributed by atoms with E-state index < -0.39 is 11.5 Å². The summed E-state index contributed by atoms with van der Waals surface area (Å²) in [6, 6.07) is 12.8. The van der Waals surface area contributed by atoms with Gasteiger partial charge in [-0.05, 0) is 29.8 Å². The predicted octanol–water partition coefficient (Wildman–Crippen LogP) is 3.65.